The SMILES string of the molecule is CN(C)C(=O)CCNCCCC(C)(C)C(N)=NO. The highest BCUT2D eigenvalue weighted by molar-refractivity contribution is 5.85. The van der Waals surface area contributed by atoms with Gasteiger partial charge in [0.05, 0.1) is 0 Å². The second kappa shape index (κ2) is 7.92. The summed E-state index contributed by atoms with van der Waals surface area (Å²) in [5.74, 6) is 0.379. The third kappa shape index (κ3) is 6.44. The predicted octanol–water partition coefficient (Wildman–Crippen LogP) is 0.607. The van der Waals surface area contributed by atoms with Crippen LogP contribution >= 0.6 is 0 Å². The lowest BCUT2D eigenvalue weighted by Crippen LogP contribution is -2.33. The Labute approximate surface area is 109 Å². The van der Waals surface area contributed by atoms with Gasteiger partial charge in [0.15, 0.2) is 0 Å². The van der Waals surface area contributed by atoms with Crippen molar-refractivity contribution < 1.29 is 10.0 Å². The average Bonchev–Trinajstić information content (AvgIpc) is 2.31. The molecule has 106 valence electrons. The van der Waals surface area contributed by atoms with Gasteiger partial charge >= 0.3 is 0 Å². The van der Waals surface area contributed by atoms with Crippen LogP contribution in [-0.4, -0.2) is 49.0 Å². The van der Waals surface area contributed by atoms with Gasteiger partial charge in [-0.15, -0.1) is 0 Å². The van der Waals surface area contributed by atoms with Crippen LogP contribution in [-0.2, 0) is 4.79 Å². The Hall–Kier alpha value is -1.30. The number of carbonyl (C=O) groups is 1. The Balaban J connectivity index is 3.66. The van der Waals surface area contributed by atoms with E-state index in [-0.39, 0.29) is 17.2 Å². The molecule has 1 amide bonds. The number of nitrogens with two attached hydrogens (primary N) is 1. The van der Waals surface area contributed by atoms with Gasteiger partial charge in [-0.3, -0.25) is 4.79 Å². The molecule has 0 atom stereocenters. The normalized spacial score (nSPS) is 12.6. The third-order valence-electron chi connectivity index (χ3n) is 2.97. The lowest BCUT2D eigenvalue weighted by atomic mass is 9.86. The quantitative estimate of drug-likeness (QED) is 0.195. The summed E-state index contributed by atoms with van der Waals surface area (Å²) in [6.45, 7) is 5.39. The van der Waals surface area contributed by atoms with Gasteiger partial charge in [0, 0.05) is 32.5 Å². The molecule has 0 saturated heterocycles. The summed E-state index contributed by atoms with van der Waals surface area (Å²) in [5.41, 5.74) is 5.30. The molecule has 0 rings (SSSR count). The fourth-order valence-corrected chi connectivity index (χ4v) is 1.46. The van der Waals surface area contributed by atoms with E-state index in [2.05, 4.69) is 10.5 Å². The van der Waals surface area contributed by atoms with Gasteiger partial charge in [0.2, 0.25) is 5.91 Å². The zero-order chi connectivity index (χ0) is 14.2. The van der Waals surface area contributed by atoms with Crippen LogP contribution in [0.3, 0.4) is 0 Å². The molecule has 4 N–H and O–H groups in total. The lowest BCUT2D eigenvalue weighted by molar-refractivity contribution is -0.128. The van der Waals surface area contributed by atoms with Crippen molar-refractivity contribution >= 4 is 11.7 Å². The number of hydrogen-bond donors (Lipinski definition) is 3. The van der Waals surface area contributed by atoms with Crippen molar-refractivity contribution in [2.45, 2.75) is 33.1 Å². The van der Waals surface area contributed by atoms with Crippen molar-refractivity contribution in [3.05, 3.63) is 0 Å². The average molecular weight is 258 g/mol. The number of oxime groups is 1. The Kier molecular flexibility index (Phi) is 7.35. The first kappa shape index (κ1) is 16.7. The second-order valence-electron chi connectivity index (χ2n) is 5.26. The summed E-state index contributed by atoms with van der Waals surface area (Å²) < 4.78 is 0. The molecule has 0 aliphatic carbocycles. The fourth-order valence-electron chi connectivity index (χ4n) is 1.46. The van der Waals surface area contributed by atoms with Gasteiger partial charge in [-0.25, -0.2) is 0 Å². The molecule has 0 radical (unpaired) electrons. The molecule has 0 aliphatic rings. The molecule has 6 nitrogen and oxygen atoms in total. The zero-order valence-electron chi connectivity index (χ0n) is 11.9. The van der Waals surface area contributed by atoms with Gasteiger partial charge in [-0.05, 0) is 19.4 Å². The first-order chi connectivity index (χ1) is 8.31. The van der Waals surface area contributed by atoms with E-state index >= 15 is 0 Å². The topological polar surface area (TPSA) is 91.0 Å². The van der Waals surface area contributed by atoms with Crippen LogP contribution in [0, 0.1) is 5.41 Å². The van der Waals surface area contributed by atoms with Crippen LogP contribution in [0.25, 0.3) is 0 Å². The van der Waals surface area contributed by atoms with Gasteiger partial charge in [-0.2, -0.15) is 0 Å². The van der Waals surface area contributed by atoms with Gasteiger partial charge in [0.25, 0.3) is 0 Å². The summed E-state index contributed by atoms with van der Waals surface area (Å²) in [6.07, 6.45) is 2.26. The van der Waals surface area contributed by atoms with E-state index in [0.717, 1.165) is 19.4 Å². The number of amides is 1. The first-order valence-corrected chi connectivity index (χ1v) is 6.20. The number of carbonyl (C=O) groups excluding carboxylic acids is 1. The summed E-state index contributed by atoms with van der Waals surface area (Å²) in [4.78, 5) is 12.9. The predicted molar refractivity (Wildman–Crippen MR) is 72.6 cm³/mol. The highest BCUT2D eigenvalue weighted by Crippen LogP contribution is 2.21. The minimum Gasteiger partial charge on any atom is -0.409 e. The Morgan fingerprint density at radius 2 is 2.00 bits per heavy atom. The van der Waals surface area contributed by atoms with Crippen molar-refractivity contribution in [3.63, 3.8) is 0 Å². The largest absolute Gasteiger partial charge is 0.409 e. The van der Waals surface area contributed by atoms with Crippen molar-refractivity contribution in [3.8, 4) is 0 Å². The maximum absolute atomic E-state index is 11.3. The van der Waals surface area contributed by atoms with Crippen molar-refractivity contribution in [2.75, 3.05) is 27.2 Å². The van der Waals surface area contributed by atoms with Crippen LogP contribution in [0.1, 0.15) is 33.1 Å². The number of rotatable bonds is 8. The van der Waals surface area contributed by atoms with E-state index in [9.17, 15) is 4.79 Å². The fraction of sp³-hybridized carbons (Fsp3) is 0.833. The van der Waals surface area contributed by atoms with Crippen molar-refractivity contribution in [1.29, 1.82) is 0 Å². The molecule has 0 heterocycles. The van der Waals surface area contributed by atoms with Crippen LogP contribution in [0.5, 0.6) is 0 Å². The summed E-state index contributed by atoms with van der Waals surface area (Å²) >= 11 is 0. The molecular formula is C12H26N4O2. The molecule has 18 heavy (non-hydrogen) atoms. The van der Waals surface area contributed by atoms with Crippen LogP contribution < -0.4 is 11.1 Å². The van der Waals surface area contributed by atoms with E-state index in [1.807, 2.05) is 13.8 Å². The molecule has 0 bridgehead atoms. The standard InChI is InChI=1S/C12H26N4O2/c1-12(2,11(13)15-18)7-5-8-14-9-6-10(17)16(3)4/h14,18H,5-9H2,1-4H3,(H2,13,15). The Morgan fingerprint density at radius 3 is 2.50 bits per heavy atom. The number of nitrogens with one attached hydrogen (secondary N) is 1. The van der Waals surface area contributed by atoms with Crippen LogP contribution in [0.4, 0.5) is 0 Å². The van der Waals surface area contributed by atoms with Gasteiger partial charge in [0.1, 0.15) is 5.84 Å². The monoisotopic (exact) mass is 258 g/mol. The van der Waals surface area contributed by atoms with Gasteiger partial charge < -0.3 is 21.2 Å². The van der Waals surface area contributed by atoms with E-state index in [1.54, 1.807) is 19.0 Å². The minimum atomic E-state index is -0.296. The maximum atomic E-state index is 11.3. The maximum Gasteiger partial charge on any atom is 0.223 e. The summed E-state index contributed by atoms with van der Waals surface area (Å²) in [7, 11) is 3.50. The number of amidine groups is 1. The van der Waals surface area contributed by atoms with E-state index in [0.29, 0.717) is 13.0 Å². The second-order valence-corrected chi connectivity index (χ2v) is 5.26. The molecule has 0 aliphatic heterocycles. The van der Waals surface area contributed by atoms with Crippen molar-refractivity contribution in [2.24, 2.45) is 16.3 Å². The number of hydrogen-bond acceptors (Lipinski definition) is 4. The molecule has 0 spiro atoms. The molecular weight excluding hydrogens is 232 g/mol. The van der Waals surface area contributed by atoms with Crippen molar-refractivity contribution in [1.82, 2.24) is 10.2 Å². The summed E-state index contributed by atoms with van der Waals surface area (Å²) in [6, 6.07) is 0. The van der Waals surface area contributed by atoms with E-state index in [1.165, 1.54) is 0 Å². The van der Waals surface area contributed by atoms with Gasteiger partial charge in [-0.1, -0.05) is 19.0 Å². The molecule has 0 fully saturated rings. The third-order valence-corrected chi connectivity index (χ3v) is 2.97. The first-order valence-electron chi connectivity index (χ1n) is 6.20. The molecule has 0 aromatic heterocycles. The van der Waals surface area contributed by atoms with E-state index in [4.69, 9.17) is 10.9 Å². The highest BCUT2D eigenvalue weighted by Gasteiger charge is 2.22. The molecule has 0 unspecified atom stereocenters. The minimum absolute atomic E-state index is 0.125. The number of nitrogens with zero attached hydrogens (tertiary/aromatic N) is 2. The molecule has 0 aromatic rings. The molecule has 0 aromatic carbocycles. The molecule has 6 heteroatoms. The molecule has 0 saturated carbocycles. The highest BCUT2D eigenvalue weighted by atomic mass is 16.4. The summed E-state index contributed by atoms with van der Waals surface area (Å²) in [5, 5.41) is 14.9. The van der Waals surface area contributed by atoms with Crippen LogP contribution in [0.2, 0.25) is 0 Å². The zero-order valence-corrected chi connectivity index (χ0v) is 11.9. The van der Waals surface area contributed by atoms with Crippen LogP contribution in [0.15, 0.2) is 5.16 Å². The Morgan fingerprint density at radius 1 is 1.39 bits per heavy atom. The van der Waals surface area contributed by atoms with E-state index < -0.39 is 0 Å². The Bertz CT molecular complexity index is 288. The lowest BCUT2D eigenvalue weighted by Gasteiger charge is -2.22. The smallest absolute Gasteiger partial charge is 0.223 e.